The molecule has 0 spiro atoms. The molecule has 1 amide bonds. The molecule has 2 N–H and O–H groups in total. The average molecular weight is 409 g/mol. The van der Waals surface area contributed by atoms with Crippen molar-refractivity contribution in [1.82, 2.24) is 25.0 Å². The minimum atomic E-state index is -0.474. The van der Waals surface area contributed by atoms with Crippen molar-refractivity contribution in [3.05, 3.63) is 58.7 Å². The Kier molecular flexibility index (Phi) is 5.26. The molecule has 0 saturated heterocycles. The Morgan fingerprint density at radius 3 is 2.83 bits per heavy atom. The van der Waals surface area contributed by atoms with Crippen LogP contribution in [0.15, 0.2) is 50.3 Å². The van der Waals surface area contributed by atoms with Gasteiger partial charge in [-0.1, -0.05) is 25.9 Å². The molecule has 3 aromatic heterocycles. The number of carbonyl (C=O) groups excluding carboxylic acids is 1. The number of aromatic nitrogens is 4. The molecule has 0 aliphatic rings. The fourth-order valence-electron chi connectivity index (χ4n) is 3.36. The van der Waals surface area contributed by atoms with E-state index in [1.807, 2.05) is 39.0 Å². The number of H-pyrrole nitrogens is 1. The molecule has 1 atom stereocenters. The van der Waals surface area contributed by atoms with Gasteiger partial charge in [0.1, 0.15) is 6.04 Å². The molecule has 0 radical (unpaired) electrons. The summed E-state index contributed by atoms with van der Waals surface area (Å²) in [6.45, 7) is 6.57. The van der Waals surface area contributed by atoms with Gasteiger partial charge in [0, 0.05) is 12.1 Å². The third kappa shape index (κ3) is 3.66. The van der Waals surface area contributed by atoms with Crippen LogP contribution in [-0.4, -0.2) is 25.6 Å². The SMILES string of the molecule is CCCn1c(=O)[nH]c2cc(-c3noc(C(NC(=O)c4ccco4)C(C)C)n3)ccc21. The summed E-state index contributed by atoms with van der Waals surface area (Å²) in [5.74, 6) is 0.561. The van der Waals surface area contributed by atoms with Gasteiger partial charge in [-0.2, -0.15) is 4.98 Å². The van der Waals surface area contributed by atoms with Crippen LogP contribution in [0, 0.1) is 5.92 Å². The lowest BCUT2D eigenvalue weighted by Gasteiger charge is -2.17. The van der Waals surface area contributed by atoms with Crippen LogP contribution >= 0.6 is 0 Å². The molecule has 0 bridgehead atoms. The number of hydrogen-bond donors (Lipinski definition) is 2. The highest BCUT2D eigenvalue weighted by atomic mass is 16.5. The normalized spacial score (nSPS) is 12.5. The monoisotopic (exact) mass is 409 g/mol. The average Bonchev–Trinajstić information content (AvgIpc) is 3.46. The zero-order chi connectivity index (χ0) is 21.3. The van der Waals surface area contributed by atoms with Crippen molar-refractivity contribution in [3.63, 3.8) is 0 Å². The van der Waals surface area contributed by atoms with Gasteiger partial charge in [-0.05, 0) is 42.7 Å². The number of nitrogens with zero attached hydrogens (tertiary/aromatic N) is 3. The summed E-state index contributed by atoms with van der Waals surface area (Å²) in [7, 11) is 0. The summed E-state index contributed by atoms with van der Waals surface area (Å²) in [5, 5.41) is 6.95. The number of benzene rings is 1. The molecule has 3 heterocycles. The number of amides is 1. The molecule has 4 rings (SSSR count). The molecule has 1 aromatic carbocycles. The number of rotatable bonds is 7. The maximum absolute atomic E-state index is 12.4. The summed E-state index contributed by atoms with van der Waals surface area (Å²) in [4.78, 5) is 31.9. The van der Waals surface area contributed by atoms with E-state index in [2.05, 4.69) is 20.4 Å². The van der Waals surface area contributed by atoms with Gasteiger partial charge in [0.25, 0.3) is 5.91 Å². The van der Waals surface area contributed by atoms with Crippen molar-refractivity contribution in [3.8, 4) is 11.4 Å². The Morgan fingerprint density at radius 2 is 2.13 bits per heavy atom. The second-order valence-electron chi connectivity index (χ2n) is 7.44. The van der Waals surface area contributed by atoms with Crippen LogP contribution in [0.4, 0.5) is 0 Å². The predicted octanol–water partition coefficient (Wildman–Crippen LogP) is 3.51. The Morgan fingerprint density at radius 1 is 1.30 bits per heavy atom. The lowest BCUT2D eigenvalue weighted by molar-refractivity contribution is 0.0885. The number of aryl methyl sites for hydroxylation is 1. The first-order valence-corrected chi connectivity index (χ1v) is 9.88. The molecule has 0 aliphatic heterocycles. The van der Waals surface area contributed by atoms with Crippen molar-refractivity contribution < 1.29 is 13.7 Å². The third-order valence-electron chi connectivity index (χ3n) is 4.89. The van der Waals surface area contributed by atoms with Crippen LogP contribution in [0.25, 0.3) is 22.4 Å². The summed E-state index contributed by atoms with van der Waals surface area (Å²) in [6.07, 6.45) is 2.31. The van der Waals surface area contributed by atoms with E-state index in [9.17, 15) is 9.59 Å². The van der Waals surface area contributed by atoms with E-state index in [0.717, 1.165) is 11.9 Å². The molecule has 156 valence electrons. The number of aromatic amines is 1. The van der Waals surface area contributed by atoms with Crippen LogP contribution in [0.2, 0.25) is 0 Å². The highest BCUT2D eigenvalue weighted by Gasteiger charge is 2.26. The summed E-state index contributed by atoms with van der Waals surface area (Å²) in [5.41, 5.74) is 2.12. The first kappa shape index (κ1) is 19.7. The second kappa shape index (κ2) is 8.02. The molecule has 30 heavy (non-hydrogen) atoms. The summed E-state index contributed by atoms with van der Waals surface area (Å²) in [6, 6.07) is 8.31. The quantitative estimate of drug-likeness (QED) is 0.482. The molecular weight excluding hydrogens is 386 g/mol. The smallest absolute Gasteiger partial charge is 0.326 e. The van der Waals surface area contributed by atoms with E-state index in [1.54, 1.807) is 16.7 Å². The van der Waals surface area contributed by atoms with E-state index < -0.39 is 6.04 Å². The highest BCUT2D eigenvalue weighted by molar-refractivity contribution is 5.91. The number of imidazole rings is 1. The molecule has 0 aliphatic carbocycles. The van der Waals surface area contributed by atoms with Crippen LogP contribution < -0.4 is 11.0 Å². The van der Waals surface area contributed by atoms with Gasteiger partial charge in [-0.15, -0.1) is 0 Å². The Bertz CT molecular complexity index is 1220. The molecule has 0 saturated carbocycles. The van der Waals surface area contributed by atoms with E-state index in [-0.39, 0.29) is 23.3 Å². The van der Waals surface area contributed by atoms with Crippen molar-refractivity contribution in [1.29, 1.82) is 0 Å². The van der Waals surface area contributed by atoms with Crippen molar-refractivity contribution >= 4 is 16.9 Å². The maximum atomic E-state index is 12.4. The van der Waals surface area contributed by atoms with Crippen LogP contribution in [-0.2, 0) is 6.54 Å². The largest absolute Gasteiger partial charge is 0.459 e. The topological polar surface area (TPSA) is 119 Å². The van der Waals surface area contributed by atoms with Crippen LogP contribution in [0.1, 0.15) is 49.7 Å². The zero-order valence-electron chi connectivity index (χ0n) is 17.0. The summed E-state index contributed by atoms with van der Waals surface area (Å²) >= 11 is 0. The number of hydrogen-bond acceptors (Lipinski definition) is 6. The van der Waals surface area contributed by atoms with Gasteiger partial charge >= 0.3 is 5.69 Å². The lowest BCUT2D eigenvalue weighted by Crippen LogP contribution is -2.31. The number of furan rings is 1. The molecule has 1 unspecified atom stereocenters. The molecule has 4 aromatic rings. The number of carbonyl (C=O) groups is 1. The van der Waals surface area contributed by atoms with Crippen molar-refractivity contribution in [2.45, 2.75) is 39.8 Å². The van der Waals surface area contributed by atoms with Crippen molar-refractivity contribution in [2.24, 2.45) is 5.92 Å². The first-order valence-electron chi connectivity index (χ1n) is 9.88. The molecule has 9 nitrogen and oxygen atoms in total. The zero-order valence-corrected chi connectivity index (χ0v) is 17.0. The fraction of sp³-hybridized carbons (Fsp3) is 0.333. The standard InChI is InChI=1S/C21H23N5O4/c1-4-9-26-15-8-7-13(11-14(15)22-21(26)28)18-24-20(30-25-18)17(12(2)3)23-19(27)16-6-5-10-29-16/h5-8,10-12,17H,4,9H2,1-3H3,(H,22,28)(H,23,27). The van der Waals surface area contributed by atoms with Gasteiger partial charge in [0.15, 0.2) is 5.76 Å². The van der Waals surface area contributed by atoms with E-state index in [0.29, 0.717) is 29.3 Å². The van der Waals surface area contributed by atoms with E-state index in [4.69, 9.17) is 8.94 Å². The van der Waals surface area contributed by atoms with Crippen LogP contribution in [0.3, 0.4) is 0 Å². The van der Waals surface area contributed by atoms with Crippen molar-refractivity contribution in [2.75, 3.05) is 0 Å². The molecule has 9 heteroatoms. The Balaban J connectivity index is 1.62. The minimum absolute atomic E-state index is 0.0131. The van der Waals surface area contributed by atoms with Gasteiger partial charge < -0.3 is 19.2 Å². The molecule has 0 fully saturated rings. The van der Waals surface area contributed by atoms with Gasteiger partial charge in [0.2, 0.25) is 11.7 Å². The summed E-state index contributed by atoms with van der Waals surface area (Å²) < 4.78 is 12.3. The van der Waals surface area contributed by atoms with Gasteiger partial charge in [0.05, 0.1) is 17.3 Å². The lowest BCUT2D eigenvalue weighted by atomic mass is 10.0. The first-order chi connectivity index (χ1) is 14.5. The second-order valence-corrected chi connectivity index (χ2v) is 7.44. The minimum Gasteiger partial charge on any atom is -0.459 e. The molecular formula is C21H23N5O4. The third-order valence-corrected chi connectivity index (χ3v) is 4.89. The number of fused-ring (bicyclic) bond motifs is 1. The van der Waals surface area contributed by atoms with Gasteiger partial charge in [-0.25, -0.2) is 4.79 Å². The highest BCUT2D eigenvalue weighted by Crippen LogP contribution is 2.25. The Hall–Kier alpha value is -3.62. The number of nitrogens with one attached hydrogen (secondary N) is 2. The van der Waals surface area contributed by atoms with Gasteiger partial charge in [-0.3, -0.25) is 9.36 Å². The predicted molar refractivity (Wildman–Crippen MR) is 110 cm³/mol. The van der Waals surface area contributed by atoms with E-state index in [1.165, 1.54) is 6.26 Å². The fourth-order valence-corrected chi connectivity index (χ4v) is 3.36. The van der Waals surface area contributed by atoms with E-state index >= 15 is 0 Å². The van der Waals surface area contributed by atoms with Crippen LogP contribution in [0.5, 0.6) is 0 Å². The Labute approximate surface area is 172 Å². The maximum Gasteiger partial charge on any atom is 0.326 e.